The number of hydrogen-bond donors (Lipinski definition) is 1. The monoisotopic (exact) mass is 286 g/mol. The Morgan fingerprint density at radius 3 is 2.67 bits per heavy atom. The Bertz CT molecular complexity index is 669. The lowest BCUT2D eigenvalue weighted by molar-refractivity contribution is 0.0601. The van der Waals surface area contributed by atoms with Crippen LogP contribution in [0.25, 0.3) is 0 Å². The summed E-state index contributed by atoms with van der Waals surface area (Å²) < 4.78 is 10.5. The fourth-order valence-electron chi connectivity index (χ4n) is 1.98. The van der Waals surface area contributed by atoms with Crippen molar-refractivity contribution in [2.24, 2.45) is 0 Å². The van der Waals surface area contributed by atoms with Crippen LogP contribution in [0.15, 0.2) is 30.3 Å². The highest BCUT2D eigenvalue weighted by Crippen LogP contribution is 2.32. The molecular formula is C16H18N2O3. The number of rotatable bonds is 4. The van der Waals surface area contributed by atoms with Gasteiger partial charge in [-0.2, -0.15) is 0 Å². The smallest absolute Gasteiger partial charge is 0.340 e. The highest BCUT2D eigenvalue weighted by Gasteiger charge is 2.15. The minimum absolute atomic E-state index is 0.256. The lowest BCUT2D eigenvalue weighted by atomic mass is 10.1. The molecule has 1 aromatic carbocycles. The van der Waals surface area contributed by atoms with E-state index in [0.29, 0.717) is 11.5 Å². The molecule has 0 spiro atoms. The minimum Gasteiger partial charge on any atom is -0.465 e. The first-order valence-electron chi connectivity index (χ1n) is 6.68. The maximum atomic E-state index is 11.6. The summed E-state index contributed by atoms with van der Waals surface area (Å²) in [7, 11) is 1.31. The van der Waals surface area contributed by atoms with Crippen LogP contribution in [-0.4, -0.2) is 18.1 Å². The number of pyridine rings is 1. The first-order valence-corrected chi connectivity index (χ1v) is 6.68. The largest absolute Gasteiger partial charge is 0.465 e. The fraction of sp³-hybridized carbons (Fsp3) is 0.250. The van der Waals surface area contributed by atoms with E-state index in [2.05, 4.69) is 4.98 Å². The van der Waals surface area contributed by atoms with E-state index in [-0.39, 0.29) is 11.3 Å². The maximum absolute atomic E-state index is 11.6. The molecule has 0 atom stereocenters. The number of carbonyl (C=O) groups excluding carboxylic acids is 1. The number of anilines is 1. The molecule has 5 nitrogen and oxygen atoms in total. The Hall–Kier alpha value is -2.56. The maximum Gasteiger partial charge on any atom is 0.340 e. The molecule has 2 rings (SSSR count). The molecule has 0 fully saturated rings. The van der Waals surface area contributed by atoms with Crippen molar-refractivity contribution < 1.29 is 14.3 Å². The quantitative estimate of drug-likeness (QED) is 0.690. The number of carbonyl (C=O) groups is 1. The van der Waals surface area contributed by atoms with E-state index in [1.54, 1.807) is 18.2 Å². The van der Waals surface area contributed by atoms with Gasteiger partial charge in [0.2, 0.25) is 0 Å². The molecule has 1 aromatic heterocycles. The summed E-state index contributed by atoms with van der Waals surface area (Å²) in [6.45, 7) is 3.93. The molecule has 0 amide bonds. The average Bonchev–Trinajstić information content (AvgIpc) is 2.50. The van der Waals surface area contributed by atoms with Crippen molar-refractivity contribution >= 4 is 11.7 Å². The predicted molar refractivity (Wildman–Crippen MR) is 80.6 cm³/mol. The lowest BCUT2D eigenvalue weighted by Gasteiger charge is -2.13. The number of methoxy groups -OCH3 is 1. The molecular weight excluding hydrogens is 268 g/mol. The van der Waals surface area contributed by atoms with E-state index in [0.717, 1.165) is 17.8 Å². The SMILES string of the molecule is CCc1nc(C)ccc1Oc1cccc(C(=O)OC)c1N. The zero-order valence-electron chi connectivity index (χ0n) is 12.3. The summed E-state index contributed by atoms with van der Waals surface area (Å²) >= 11 is 0. The second-order valence-electron chi connectivity index (χ2n) is 4.56. The molecule has 110 valence electrons. The van der Waals surface area contributed by atoms with E-state index < -0.39 is 5.97 Å². The number of esters is 1. The van der Waals surface area contributed by atoms with Crippen molar-refractivity contribution in [2.75, 3.05) is 12.8 Å². The van der Waals surface area contributed by atoms with Crippen LogP contribution in [0.5, 0.6) is 11.5 Å². The molecule has 2 N–H and O–H groups in total. The Morgan fingerprint density at radius 1 is 1.24 bits per heavy atom. The van der Waals surface area contributed by atoms with Crippen molar-refractivity contribution in [1.82, 2.24) is 4.98 Å². The molecule has 0 bridgehead atoms. The highest BCUT2D eigenvalue weighted by molar-refractivity contribution is 5.96. The van der Waals surface area contributed by atoms with Crippen LogP contribution in [0.2, 0.25) is 0 Å². The van der Waals surface area contributed by atoms with Gasteiger partial charge in [0.15, 0.2) is 5.75 Å². The van der Waals surface area contributed by atoms with Crippen LogP contribution in [0, 0.1) is 6.92 Å². The van der Waals surface area contributed by atoms with E-state index >= 15 is 0 Å². The normalized spacial score (nSPS) is 10.2. The molecule has 0 aliphatic heterocycles. The topological polar surface area (TPSA) is 74.4 Å². The molecule has 21 heavy (non-hydrogen) atoms. The number of nitrogen functional groups attached to an aromatic ring is 1. The van der Waals surface area contributed by atoms with Crippen molar-refractivity contribution in [1.29, 1.82) is 0 Å². The third-order valence-corrected chi connectivity index (χ3v) is 3.10. The Labute approximate surface area is 123 Å². The lowest BCUT2D eigenvalue weighted by Crippen LogP contribution is -2.07. The third-order valence-electron chi connectivity index (χ3n) is 3.10. The molecule has 0 saturated carbocycles. The zero-order chi connectivity index (χ0) is 15.4. The van der Waals surface area contributed by atoms with E-state index in [9.17, 15) is 4.79 Å². The van der Waals surface area contributed by atoms with Crippen LogP contribution in [0.4, 0.5) is 5.69 Å². The molecule has 0 unspecified atom stereocenters. The van der Waals surface area contributed by atoms with Crippen molar-refractivity contribution in [3.05, 3.63) is 47.3 Å². The van der Waals surface area contributed by atoms with Gasteiger partial charge in [-0.15, -0.1) is 0 Å². The number of aryl methyl sites for hydroxylation is 2. The van der Waals surface area contributed by atoms with Gasteiger partial charge in [-0.3, -0.25) is 4.98 Å². The molecule has 5 heteroatoms. The van der Waals surface area contributed by atoms with Crippen molar-refractivity contribution in [3.8, 4) is 11.5 Å². The summed E-state index contributed by atoms with van der Waals surface area (Å²) in [5.41, 5.74) is 8.30. The van der Waals surface area contributed by atoms with E-state index in [1.165, 1.54) is 7.11 Å². The molecule has 0 aliphatic rings. The molecule has 0 aliphatic carbocycles. The minimum atomic E-state index is -0.490. The number of ether oxygens (including phenoxy) is 2. The predicted octanol–water partition coefficient (Wildman–Crippen LogP) is 3.11. The number of benzene rings is 1. The summed E-state index contributed by atoms with van der Waals surface area (Å²) in [6.07, 6.45) is 0.744. The second kappa shape index (κ2) is 6.26. The number of hydrogen-bond acceptors (Lipinski definition) is 5. The van der Waals surface area contributed by atoms with E-state index in [1.807, 2.05) is 26.0 Å². The fourth-order valence-corrected chi connectivity index (χ4v) is 1.98. The van der Waals surface area contributed by atoms with Gasteiger partial charge in [0, 0.05) is 5.69 Å². The number of para-hydroxylation sites is 1. The Kier molecular flexibility index (Phi) is 4.42. The number of nitrogens with zero attached hydrogens (tertiary/aromatic N) is 1. The van der Waals surface area contributed by atoms with Crippen LogP contribution in [0.1, 0.15) is 28.7 Å². The van der Waals surface area contributed by atoms with Gasteiger partial charge in [-0.1, -0.05) is 13.0 Å². The van der Waals surface area contributed by atoms with Crippen molar-refractivity contribution in [3.63, 3.8) is 0 Å². The standard InChI is InChI=1S/C16H18N2O3/c1-4-12-13(9-8-10(2)18-12)21-14-7-5-6-11(15(14)17)16(19)20-3/h5-9H,4,17H2,1-3H3. The van der Waals surface area contributed by atoms with Gasteiger partial charge in [-0.05, 0) is 37.6 Å². The summed E-state index contributed by atoms with van der Waals surface area (Å²) in [5, 5.41) is 0. The molecule has 1 heterocycles. The zero-order valence-corrected chi connectivity index (χ0v) is 12.3. The number of aromatic nitrogens is 1. The summed E-state index contributed by atoms with van der Waals surface area (Å²) in [6, 6.07) is 8.73. The van der Waals surface area contributed by atoms with Gasteiger partial charge < -0.3 is 15.2 Å². The molecule has 0 radical (unpaired) electrons. The summed E-state index contributed by atoms with van der Waals surface area (Å²) in [4.78, 5) is 16.1. The number of nitrogens with two attached hydrogens (primary N) is 1. The second-order valence-corrected chi connectivity index (χ2v) is 4.56. The van der Waals surface area contributed by atoms with Gasteiger partial charge in [0.1, 0.15) is 5.75 Å². The third kappa shape index (κ3) is 3.13. The Balaban J connectivity index is 2.38. The van der Waals surface area contributed by atoms with Gasteiger partial charge in [0.05, 0.1) is 24.1 Å². The Morgan fingerprint density at radius 2 is 2.00 bits per heavy atom. The first kappa shape index (κ1) is 14.8. The van der Waals surface area contributed by atoms with Crippen LogP contribution >= 0.6 is 0 Å². The average molecular weight is 286 g/mol. The molecule has 0 saturated heterocycles. The van der Waals surface area contributed by atoms with Crippen molar-refractivity contribution in [2.45, 2.75) is 20.3 Å². The van der Waals surface area contributed by atoms with Gasteiger partial charge in [0.25, 0.3) is 0 Å². The van der Waals surface area contributed by atoms with Crippen LogP contribution in [0.3, 0.4) is 0 Å². The first-order chi connectivity index (χ1) is 10.1. The van der Waals surface area contributed by atoms with Gasteiger partial charge in [-0.25, -0.2) is 4.79 Å². The van der Waals surface area contributed by atoms with Crippen LogP contribution < -0.4 is 10.5 Å². The molecule has 2 aromatic rings. The van der Waals surface area contributed by atoms with Gasteiger partial charge >= 0.3 is 5.97 Å². The van der Waals surface area contributed by atoms with E-state index in [4.69, 9.17) is 15.2 Å². The van der Waals surface area contributed by atoms with Crippen LogP contribution in [-0.2, 0) is 11.2 Å². The highest BCUT2D eigenvalue weighted by atomic mass is 16.5. The summed E-state index contributed by atoms with van der Waals surface area (Å²) in [5.74, 6) is 0.561.